The third-order valence-corrected chi connectivity index (χ3v) is 7.85. The number of aliphatic imine (C=N–C) groups is 1. The standard InChI is InChI=1S/C25H28N6O2/c1-4-16-13-24(9-8-20(16)33-3)14-17-6-7-18(27-2)12-19(17)25(24)22(32)31(23(26)30-25)15-21-28-10-5-11-29-21/h5-7,10-12,16,20H,4,8-9,13-15H2,1,3H3,(H2,26,30)/t16-,20+,24+,25-/m1/s1. The van der Waals surface area contributed by atoms with Crippen molar-refractivity contribution in [3.63, 3.8) is 0 Å². The summed E-state index contributed by atoms with van der Waals surface area (Å²) in [7, 11) is 1.77. The SMILES string of the molecule is [C-]#[N+]c1ccc2c(c1)[C@]1(N=C(N)N(Cc3ncccn3)C1=O)[C@]1(CC[C@H](OC)[C@H](CC)C1)C2. The van der Waals surface area contributed by atoms with Crippen molar-refractivity contribution in [1.29, 1.82) is 0 Å². The van der Waals surface area contributed by atoms with Crippen LogP contribution in [0.15, 0.2) is 41.7 Å². The van der Waals surface area contributed by atoms with Gasteiger partial charge in [-0.3, -0.25) is 9.69 Å². The van der Waals surface area contributed by atoms with Gasteiger partial charge in [-0.1, -0.05) is 31.5 Å². The van der Waals surface area contributed by atoms with E-state index in [1.54, 1.807) is 25.6 Å². The lowest BCUT2D eigenvalue weighted by Crippen LogP contribution is -2.53. The van der Waals surface area contributed by atoms with Gasteiger partial charge in [0, 0.05) is 24.9 Å². The first-order valence-corrected chi connectivity index (χ1v) is 11.4. The van der Waals surface area contributed by atoms with Gasteiger partial charge in [-0.05, 0) is 48.8 Å². The smallest absolute Gasteiger partial charge is 0.262 e. The number of nitrogens with two attached hydrogens (primary N) is 1. The lowest BCUT2D eigenvalue weighted by atomic mass is 9.58. The van der Waals surface area contributed by atoms with E-state index in [2.05, 4.69) is 21.7 Å². The lowest BCUT2D eigenvalue weighted by Gasteiger charge is -2.48. The van der Waals surface area contributed by atoms with Crippen molar-refractivity contribution in [2.45, 2.75) is 57.2 Å². The molecule has 2 heterocycles. The Bertz CT molecular complexity index is 1160. The van der Waals surface area contributed by atoms with Gasteiger partial charge in [0.25, 0.3) is 5.91 Å². The zero-order chi connectivity index (χ0) is 23.2. The van der Waals surface area contributed by atoms with Crippen LogP contribution in [0.3, 0.4) is 0 Å². The Morgan fingerprint density at radius 1 is 1.33 bits per heavy atom. The highest BCUT2D eigenvalue weighted by Crippen LogP contribution is 2.63. The lowest BCUT2D eigenvalue weighted by molar-refractivity contribution is -0.140. The van der Waals surface area contributed by atoms with Gasteiger partial charge in [0.15, 0.2) is 17.2 Å². The summed E-state index contributed by atoms with van der Waals surface area (Å²) in [5.74, 6) is 0.887. The molecule has 2 spiro atoms. The molecule has 1 aromatic carbocycles. The number of nitrogens with zero attached hydrogens (tertiary/aromatic N) is 5. The molecule has 0 bridgehead atoms. The molecule has 2 aliphatic carbocycles. The topological polar surface area (TPSA) is 98.1 Å². The number of methoxy groups -OCH3 is 1. The van der Waals surface area contributed by atoms with Crippen molar-refractivity contribution in [3.8, 4) is 0 Å². The monoisotopic (exact) mass is 444 g/mol. The Morgan fingerprint density at radius 3 is 2.82 bits per heavy atom. The second kappa shape index (κ2) is 7.92. The molecule has 0 unspecified atom stereocenters. The Balaban J connectivity index is 1.64. The summed E-state index contributed by atoms with van der Waals surface area (Å²) in [6, 6.07) is 7.41. The van der Waals surface area contributed by atoms with Crippen molar-refractivity contribution in [2.75, 3.05) is 7.11 Å². The number of aromatic nitrogens is 2. The summed E-state index contributed by atoms with van der Waals surface area (Å²) in [5, 5.41) is 0. The largest absolute Gasteiger partial charge is 0.381 e. The van der Waals surface area contributed by atoms with Crippen LogP contribution in [0, 0.1) is 17.9 Å². The van der Waals surface area contributed by atoms with E-state index in [1.165, 1.54) is 4.90 Å². The van der Waals surface area contributed by atoms with Crippen LogP contribution in [0.2, 0.25) is 0 Å². The molecule has 4 atom stereocenters. The Hall–Kier alpha value is -3.31. The summed E-state index contributed by atoms with van der Waals surface area (Å²) >= 11 is 0. The van der Waals surface area contributed by atoms with Crippen LogP contribution >= 0.6 is 0 Å². The number of fused-ring (bicyclic) bond motifs is 3. The van der Waals surface area contributed by atoms with Gasteiger partial charge in [-0.2, -0.15) is 0 Å². The van der Waals surface area contributed by atoms with E-state index >= 15 is 0 Å². The predicted octanol–water partition coefficient (Wildman–Crippen LogP) is 3.35. The van der Waals surface area contributed by atoms with Gasteiger partial charge in [-0.25, -0.2) is 19.8 Å². The molecule has 170 valence electrons. The van der Waals surface area contributed by atoms with Gasteiger partial charge in [-0.15, -0.1) is 0 Å². The molecule has 3 aliphatic rings. The number of carbonyl (C=O) groups excluding carboxylic acids is 1. The Labute approximate surface area is 193 Å². The minimum absolute atomic E-state index is 0.140. The van der Waals surface area contributed by atoms with Crippen molar-refractivity contribution < 1.29 is 9.53 Å². The second-order valence-electron chi connectivity index (χ2n) is 9.33. The fraction of sp³-hybridized carbons (Fsp3) is 0.480. The molecule has 1 aromatic heterocycles. The van der Waals surface area contributed by atoms with E-state index in [0.717, 1.165) is 43.2 Å². The predicted molar refractivity (Wildman–Crippen MR) is 123 cm³/mol. The molecule has 1 amide bonds. The van der Waals surface area contributed by atoms with Gasteiger partial charge >= 0.3 is 0 Å². The summed E-state index contributed by atoms with van der Waals surface area (Å²) in [6.45, 7) is 9.87. The maximum absolute atomic E-state index is 14.3. The van der Waals surface area contributed by atoms with Crippen LogP contribution in [-0.2, 0) is 28.0 Å². The first-order chi connectivity index (χ1) is 16.0. The molecule has 1 aliphatic heterocycles. The number of hydrogen-bond acceptors (Lipinski definition) is 6. The molecule has 2 aromatic rings. The summed E-state index contributed by atoms with van der Waals surface area (Å²) in [5.41, 5.74) is 7.30. The van der Waals surface area contributed by atoms with E-state index in [4.69, 9.17) is 22.0 Å². The van der Waals surface area contributed by atoms with E-state index in [9.17, 15) is 4.79 Å². The van der Waals surface area contributed by atoms with Crippen LogP contribution in [0.4, 0.5) is 5.69 Å². The van der Waals surface area contributed by atoms with E-state index in [-0.39, 0.29) is 24.5 Å². The maximum atomic E-state index is 14.3. The van der Waals surface area contributed by atoms with Crippen molar-refractivity contribution in [2.24, 2.45) is 22.1 Å². The van der Waals surface area contributed by atoms with Gasteiger partial charge < -0.3 is 10.5 Å². The van der Waals surface area contributed by atoms with E-state index in [1.807, 2.05) is 18.2 Å². The molecule has 1 fully saturated rings. The Kier molecular flexibility index (Phi) is 5.17. The highest BCUT2D eigenvalue weighted by molar-refractivity contribution is 6.08. The first kappa shape index (κ1) is 21.5. The molecule has 5 rings (SSSR count). The van der Waals surface area contributed by atoms with E-state index in [0.29, 0.717) is 17.4 Å². The molecular weight excluding hydrogens is 416 g/mol. The fourth-order valence-corrected chi connectivity index (χ4v) is 6.31. The fourth-order valence-electron chi connectivity index (χ4n) is 6.31. The Morgan fingerprint density at radius 2 is 2.12 bits per heavy atom. The third kappa shape index (κ3) is 3.06. The summed E-state index contributed by atoms with van der Waals surface area (Å²) < 4.78 is 5.80. The summed E-state index contributed by atoms with van der Waals surface area (Å²) in [4.78, 5) is 33.0. The van der Waals surface area contributed by atoms with Crippen LogP contribution < -0.4 is 5.73 Å². The number of guanidine groups is 1. The third-order valence-electron chi connectivity index (χ3n) is 7.85. The van der Waals surface area contributed by atoms with Gasteiger partial charge in [0.2, 0.25) is 0 Å². The zero-order valence-electron chi connectivity index (χ0n) is 19.0. The van der Waals surface area contributed by atoms with E-state index < -0.39 is 11.0 Å². The van der Waals surface area contributed by atoms with Gasteiger partial charge in [0.05, 0.1) is 19.2 Å². The average molecular weight is 445 g/mol. The molecule has 1 saturated carbocycles. The summed E-state index contributed by atoms with van der Waals surface area (Å²) in [6.07, 6.45) is 7.68. The maximum Gasteiger partial charge on any atom is 0.262 e. The van der Waals surface area contributed by atoms with Crippen molar-refractivity contribution >= 4 is 17.6 Å². The minimum Gasteiger partial charge on any atom is -0.381 e. The van der Waals surface area contributed by atoms with Crippen LogP contribution in [0.25, 0.3) is 4.85 Å². The number of rotatable bonds is 4. The number of amides is 1. The highest BCUT2D eigenvalue weighted by atomic mass is 16.5. The molecular formula is C25H28N6O2. The molecule has 8 nitrogen and oxygen atoms in total. The number of benzene rings is 1. The molecule has 8 heteroatoms. The van der Waals surface area contributed by atoms with Crippen LogP contribution in [0.1, 0.15) is 49.6 Å². The number of hydrogen-bond donors (Lipinski definition) is 1. The molecule has 2 N–H and O–H groups in total. The normalized spacial score (nSPS) is 30.5. The zero-order valence-corrected chi connectivity index (χ0v) is 19.0. The van der Waals surface area contributed by atoms with Crippen molar-refractivity contribution in [1.82, 2.24) is 14.9 Å². The molecule has 0 radical (unpaired) electrons. The highest BCUT2D eigenvalue weighted by Gasteiger charge is 2.67. The number of carbonyl (C=O) groups is 1. The van der Waals surface area contributed by atoms with Crippen LogP contribution in [-0.4, -0.2) is 39.9 Å². The first-order valence-electron chi connectivity index (χ1n) is 11.4. The molecule has 33 heavy (non-hydrogen) atoms. The van der Waals surface area contributed by atoms with Crippen LogP contribution in [0.5, 0.6) is 0 Å². The quantitative estimate of drug-likeness (QED) is 0.730. The average Bonchev–Trinajstić information content (AvgIpc) is 3.25. The molecule has 0 saturated heterocycles. The van der Waals surface area contributed by atoms with Crippen molar-refractivity contribution in [3.05, 3.63) is 65.0 Å². The second-order valence-corrected chi connectivity index (χ2v) is 9.33. The van der Waals surface area contributed by atoms with Gasteiger partial charge in [0.1, 0.15) is 5.82 Å². The minimum atomic E-state index is -1.13. The number of ether oxygens (including phenoxy) is 1.